The number of imidazole rings is 1. The largest absolute Gasteiger partial charge is 0.394 e. The number of fused-ring (bicyclic) bond motifs is 1. The van der Waals surface area contributed by atoms with Gasteiger partial charge in [-0.15, -0.1) is 0 Å². The van der Waals surface area contributed by atoms with Gasteiger partial charge in [0.1, 0.15) is 35.2 Å². The number of nitrogens with zero attached hydrogens (tertiary/aromatic N) is 6. The van der Waals surface area contributed by atoms with Crippen LogP contribution in [-0.4, -0.2) is 69.6 Å². The molecule has 4 atom stereocenters. The lowest BCUT2D eigenvalue weighted by molar-refractivity contribution is -0.396. The van der Waals surface area contributed by atoms with E-state index in [0.29, 0.717) is 0 Å². The zero-order chi connectivity index (χ0) is 22.3. The minimum absolute atomic E-state index is 0.109. The van der Waals surface area contributed by atoms with Gasteiger partial charge >= 0.3 is 0 Å². The Morgan fingerprint density at radius 1 is 1.13 bits per heavy atom. The normalized spacial score (nSPS) is 23.3. The standard InChI is InChI=1S/C16H14N6O8S/c23-4-9-12(24)13(25)16(30-9)20-6-19-11-14(20)17-5-18-15(11)31-10-2-1-7(21(26)27)3-8(10)22(28)29/h1-3,5-6,9,12-13,16,23-25H,4H2/t9-,12?,13?,16-/m1/s1. The van der Waals surface area contributed by atoms with E-state index in [4.69, 9.17) is 4.74 Å². The highest BCUT2D eigenvalue weighted by molar-refractivity contribution is 7.99. The Bertz CT molecular complexity index is 1170. The van der Waals surface area contributed by atoms with Crippen LogP contribution in [0.25, 0.3) is 11.2 Å². The molecular formula is C16H14N6O8S. The van der Waals surface area contributed by atoms with Gasteiger partial charge in [0, 0.05) is 6.07 Å². The van der Waals surface area contributed by atoms with Crippen LogP contribution in [0.3, 0.4) is 0 Å². The van der Waals surface area contributed by atoms with Gasteiger partial charge in [-0.05, 0) is 6.07 Å². The van der Waals surface area contributed by atoms with Crippen molar-refractivity contribution in [1.29, 1.82) is 0 Å². The highest BCUT2D eigenvalue weighted by Crippen LogP contribution is 2.39. The molecular weight excluding hydrogens is 436 g/mol. The molecule has 14 nitrogen and oxygen atoms in total. The van der Waals surface area contributed by atoms with Crippen LogP contribution in [0.5, 0.6) is 0 Å². The Labute approximate surface area is 176 Å². The van der Waals surface area contributed by atoms with Gasteiger partial charge in [0.15, 0.2) is 11.9 Å². The van der Waals surface area contributed by atoms with E-state index in [1.807, 2.05) is 0 Å². The highest BCUT2D eigenvalue weighted by atomic mass is 32.2. The summed E-state index contributed by atoms with van der Waals surface area (Å²) in [6, 6.07) is 3.25. The van der Waals surface area contributed by atoms with E-state index < -0.39 is 52.4 Å². The van der Waals surface area contributed by atoms with E-state index in [-0.39, 0.29) is 21.1 Å². The first-order chi connectivity index (χ1) is 14.8. The van der Waals surface area contributed by atoms with Gasteiger partial charge in [0.05, 0.1) is 33.7 Å². The third-order valence-electron chi connectivity index (χ3n) is 4.67. The molecule has 0 radical (unpaired) electrons. The molecule has 1 aliphatic heterocycles. The first-order valence-corrected chi connectivity index (χ1v) is 9.54. The molecule has 3 N–H and O–H groups in total. The highest BCUT2D eigenvalue weighted by Gasteiger charge is 2.44. The number of hydrogen-bond donors (Lipinski definition) is 3. The monoisotopic (exact) mass is 450 g/mol. The first-order valence-electron chi connectivity index (χ1n) is 8.72. The number of hydrogen-bond acceptors (Lipinski definition) is 12. The molecule has 1 aromatic carbocycles. The smallest absolute Gasteiger partial charge is 0.290 e. The molecule has 31 heavy (non-hydrogen) atoms. The summed E-state index contributed by atoms with van der Waals surface area (Å²) < 4.78 is 6.84. The van der Waals surface area contributed by atoms with Crippen molar-refractivity contribution in [3.63, 3.8) is 0 Å². The average molecular weight is 450 g/mol. The number of non-ortho nitro benzene ring substituents is 1. The summed E-state index contributed by atoms with van der Waals surface area (Å²) in [5.74, 6) is 0. The topological polar surface area (TPSA) is 200 Å². The second-order valence-corrected chi connectivity index (χ2v) is 7.53. The Balaban J connectivity index is 1.72. The zero-order valence-corrected chi connectivity index (χ0v) is 16.2. The molecule has 0 spiro atoms. The van der Waals surface area contributed by atoms with Gasteiger partial charge in [-0.25, -0.2) is 15.0 Å². The molecule has 0 saturated carbocycles. The Morgan fingerprint density at radius 3 is 2.55 bits per heavy atom. The fourth-order valence-corrected chi connectivity index (χ4v) is 4.08. The van der Waals surface area contributed by atoms with Crippen LogP contribution < -0.4 is 0 Å². The van der Waals surface area contributed by atoms with Crippen LogP contribution >= 0.6 is 11.8 Å². The number of aliphatic hydroxyl groups excluding tert-OH is 3. The van der Waals surface area contributed by atoms with Gasteiger partial charge in [-0.1, -0.05) is 11.8 Å². The fraction of sp³-hybridized carbons (Fsp3) is 0.312. The van der Waals surface area contributed by atoms with Gasteiger partial charge in [-0.3, -0.25) is 24.8 Å². The SMILES string of the molecule is O=[N+]([O-])c1ccc(Sc2ncnc3c2ncn3[C@@H]2O[C@H](CO)C(O)C2O)c([N+](=O)[O-])c1. The van der Waals surface area contributed by atoms with E-state index in [1.165, 1.54) is 23.3 Å². The third-order valence-corrected chi connectivity index (χ3v) is 5.73. The predicted octanol–water partition coefficient (Wildman–Crippen LogP) is 0.405. The molecule has 0 amide bonds. The van der Waals surface area contributed by atoms with Crippen molar-refractivity contribution in [2.45, 2.75) is 34.5 Å². The van der Waals surface area contributed by atoms with E-state index >= 15 is 0 Å². The lowest BCUT2D eigenvalue weighted by Gasteiger charge is -2.16. The van der Waals surface area contributed by atoms with Crippen LogP contribution in [0.2, 0.25) is 0 Å². The second kappa shape index (κ2) is 8.12. The van der Waals surface area contributed by atoms with Crippen LogP contribution in [-0.2, 0) is 4.74 Å². The second-order valence-electron chi connectivity index (χ2n) is 6.50. The maximum atomic E-state index is 11.4. The summed E-state index contributed by atoms with van der Waals surface area (Å²) in [4.78, 5) is 33.3. The maximum Gasteiger partial charge on any atom is 0.290 e. The predicted molar refractivity (Wildman–Crippen MR) is 102 cm³/mol. The van der Waals surface area contributed by atoms with Crippen LogP contribution in [0.1, 0.15) is 6.23 Å². The molecule has 2 aromatic heterocycles. The lowest BCUT2D eigenvalue weighted by atomic mass is 10.1. The summed E-state index contributed by atoms with van der Waals surface area (Å²) in [5.41, 5.74) is -0.429. The molecule has 1 aliphatic rings. The number of nitro benzene ring substituents is 2. The van der Waals surface area contributed by atoms with Crippen molar-refractivity contribution in [2.24, 2.45) is 0 Å². The molecule has 0 aliphatic carbocycles. The van der Waals surface area contributed by atoms with Gasteiger partial charge in [0.25, 0.3) is 11.4 Å². The average Bonchev–Trinajstić information content (AvgIpc) is 3.30. The minimum Gasteiger partial charge on any atom is -0.394 e. The summed E-state index contributed by atoms with van der Waals surface area (Å²) in [5, 5.41) is 52.0. The quantitative estimate of drug-likeness (QED) is 0.266. The number of nitro groups is 2. The van der Waals surface area contributed by atoms with Crippen molar-refractivity contribution >= 4 is 34.3 Å². The Kier molecular flexibility index (Phi) is 5.50. The van der Waals surface area contributed by atoms with E-state index in [2.05, 4.69) is 15.0 Å². The molecule has 3 aromatic rings. The van der Waals surface area contributed by atoms with Crippen LogP contribution in [0.4, 0.5) is 11.4 Å². The molecule has 3 heterocycles. The number of ether oxygens (including phenoxy) is 1. The van der Waals surface area contributed by atoms with Crippen molar-refractivity contribution in [3.8, 4) is 0 Å². The number of aromatic nitrogens is 4. The molecule has 15 heteroatoms. The lowest BCUT2D eigenvalue weighted by Crippen LogP contribution is -2.33. The van der Waals surface area contributed by atoms with Crippen molar-refractivity contribution in [2.75, 3.05) is 6.61 Å². The zero-order valence-electron chi connectivity index (χ0n) is 15.4. The molecule has 0 bridgehead atoms. The van der Waals surface area contributed by atoms with Gasteiger partial charge < -0.3 is 20.1 Å². The van der Waals surface area contributed by atoms with Crippen LogP contribution in [0.15, 0.2) is 40.8 Å². The molecule has 1 fully saturated rings. The number of aliphatic hydroxyl groups is 3. The van der Waals surface area contributed by atoms with E-state index in [9.17, 15) is 35.5 Å². The van der Waals surface area contributed by atoms with Gasteiger partial charge in [-0.2, -0.15) is 0 Å². The van der Waals surface area contributed by atoms with E-state index in [0.717, 1.165) is 23.9 Å². The summed E-state index contributed by atoms with van der Waals surface area (Å²) in [6.07, 6.45) is -2.24. The molecule has 162 valence electrons. The number of benzene rings is 1. The molecule has 1 saturated heterocycles. The minimum atomic E-state index is -1.35. The number of rotatable bonds is 6. The summed E-state index contributed by atoms with van der Waals surface area (Å²) in [6.45, 7) is -0.499. The molecule has 2 unspecified atom stereocenters. The maximum absolute atomic E-state index is 11.4. The van der Waals surface area contributed by atoms with E-state index in [1.54, 1.807) is 0 Å². The fourth-order valence-electron chi connectivity index (χ4n) is 3.15. The first kappa shape index (κ1) is 21.0. The van der Waals surface area contributed by atoms with Crippen molar-refractivity contribution < 1.29 is 29.9 Å². The Hall–Kier alpha value is -3.24. The molecule has 4 rings (SSSR count). The third kappa shape index (κ3) is 3.68. The Morgan fingerprint density at radius 2 is 1.90 bits per heavy atom. The summed E-state index contributed by atoms with van der Waals surface area (Å²) >= 11 is 0.871. The van der Waals surface area contributed by atoms with Crippen molar-refractivity contribution in [3.05, 3.63) is 51.1 Å². The summed E-state index contributed by atoms with van der Waals surface area (Å²) in [7, 11) is 0. The van der Waals surface area contributed by atoms with Crippen LogP contribution in [0, 0.1) is 20.2 Å². The van der Waals surface area contributed by atoms with Gasteiger partial charge in [0.2, 0.25) is 0 Å². The van der Waals surface area contributed by atoms with Crippen molar-refractivity contribution in [1.82, 2.24) is 19.5 Å².